The molecule has 0 N–H and O–H groups in total. The van der Waals surface area contributed by atoms with E-state index in [1.54, 1.807) is 22.5 Å². The summed E-state index contributed by atoms with van der Waals surface area (Å²) in [6.45, 7) is 5.74. The minimum Gasteiger partial charge on any atom is -0.332 e. The summed E-state index contributed by atoms with van der Waals surface area (Å²) >= 11 is 0. The fourth-order valence-corrected chi connectivity index (χ4v) is 5.14. The number of nitrogens with zero attached hydrogens (tertiary/aromatic N) is 3. The molecule has 0 aliphatic carbocycles. The Labute approximate surface area is 160 Å². The van der Waals surface area contributed by atoms with E-state index in [-0.39, 0.29) is 0 Å². The van der Waals surface area contributed by atoms with Gasteiger partial charge in [0.1, 0.15) is 5.65 Å². The lowest BCUT2D eigenvalue weighted by Crippen LogP contribution is -2.34. The lowest BCUT2D eigenvalue weighted by atomic mass is 10.0. The first-order valence-corrected chi connectivity index (χ1v) is 10.6. The van der Waals surface area contributed by atoms with Gasteiger partial charge in [-0.05, 0) is 55.7 Å². The quantitative estimate of drug-likeness (QED) is 0.690. The van der Waals surface area contributed by atoms with Gasteiger partial charge < -0.3 is 4.57 Å². The van der Waals surface area contributed by atoms with Crippen molar-refractivity contribution in [3.63, 3.8) is 0 Å². The highest BCUT2D eigenvalue weighted by atomic mass is 32.2. The van der Waals surface area contributed by atoms with Crippen LogP contribution in [0.15, 0.2) is 59.8 Å². The molecule has 0 radical (unpaired) electrons. The van der Waals surface area contributed by atoms with E-state index in [0.29, 0.717) is 24.4 Å². The highest BCUT2D eigenvalue weighted by molar-refractivity contribution is 7.89. The van der Waals surface area contributed by atoms with Gasteiger partial charge in [-0.2, -0.15) is 4.31 Å². The summed E-state index contributed by atoms with van der Waals surface area (Å²) in [6, 6.07) is 11.1. The average Bonchev–Trinajstić information content (AvgIpc) is 3.07. The zero-order valence-electron chi connectivity index (χ0n) is 15.6. The molecule has 0 fully saturated rings. The van der Waals surface area contributed by atoms with Gasteiger partial charge in [-0.3, -0.25) is 0 Å². The number of benzene rings is 1. The third-order valence-electron chi connectivity index (χ3n) is 5.12. The molecule has 5 nitrogen and oxygen atoms in total. The van der Waals surface area contributed by atoms with Crippen LogP contribution in [0.3, 0.4) is 0 Å². The Balaban J connectivity index is 1.65. The number of aryl methyl sites for hydroxylation is 2. The second-order valence-electron chi connectivity index (χ2n) is 6.86. The summed E-state index contributed by atoms with van der Waals surface area (Å²) in [6.07, 6.45) is 6.68. The van der Waals surface area contributed by atoms with E-state index in [1.165, 1.54) is 5.57 Å². The second-order valence-corrected chi connectivity index (χ2v) is 8.80. The molecule has 4 rings (SSSR count). The topological polar surface area (TPSA) is 55.2 Å². The van der Waals surface area contributed by atoms with Crippen LogP contribution in [0.2, 0.25) is 0 Å². The van der Waals surface area contributed by atoms with Crippen LogP contribution in [-0.2, 0) is 16.6 Å². The standard InChI is InChI=1S/C21H23N3O2S/c1-3-23-15-20(19-8-5-11-22-21(19)23)17-9-12-24(13-10-17)27(25,26)18-7-4-6-16(2)14-18/h4-9,11,14-15H,3,10,12-13H2,1-2H3. The zero-order chi connectivity index (χ0) is 19.0. The molecular weight excluding hydrogens is 358 g/mol. The molecule has 140 valence electrons. The second kappa shape index (κ2) is 6.94. The van der Waals surface area contributed by atoms with Crippen LogP contribution in [0, 0.1) is 6.92 Å². The van der Waals surface area contributed by atoms with Gasteiger partial charge in [0.25, 0.3) is 0 Å². The zero-order valence-corrected chi connectivity index (χ0v) is 16.4. The fourth-order valence-electron chi connectivity index (χ4n) is 3.66. The molecule has 1 aliphatic rings. The van der Waals surface area contributed by atoms with Crippen LogP contribution in [0.5, 0.6) is 0 Å². The molecule has 3 aromatic rings. The summed E-state index contributed by atoms with van der Waals surface area (Å²) in [5.74, 6) is 0. The van der Waals surface area contributed by atoms with E-state index in [0.717, 1.165) is 28.7 Å². The first kappa shape index (κ1) is 17.9. The van der Waals surface area contributed by atoms with E-state index in [1.807, 2.05) is 31.3 Å². The predicted octanol–water partition coefficient (Wildman–Crippen LogP) is 3.84. The maximum Gasteiger partial charge on any atom is 0.243 e. The third kappa shape index (κ3) is 3.19. The molecule has 0 amide bonds. The van der Waals surface area contributed by atoms with Crippen molar-refractivity contribution in [2.24, 2.45) is 0 Å². The van der Waals surface area contributed by atoms with Crippen LogP contribution in [0.1, 0.15) is 24.5 Å². The Hall–Kier alpha value is -2.44. The first-order valence-electron chi connectivity index (χ1n) is 9.21. The number of fused-ring (bicyclic) bond motifs is 1. The van der Waals surface area contributed by atoms with E-state index >= 15 is 0 Å². The van der Waals surface area contributed by atoms with Crippen LogP contribution < -0.4 is 0 Å². The van der Waals surface area contributed by atoms with Gasteiger partial charge in [-0.25, -0.2) is 13.4 Å². The van der Waals surface area contributed by atoms with Crippen molar-refractivity contribution in [3.05, 3.63) is 66.0 Å². The molecule has 0 saturated heterocycles. The van der Waals surface area contributed by atoms with Gasteiger partial charge >= 0.3 is 0 Å². The molecular formula is C21H23N3O2S. The van der Waals surface area contributed by atoms with Gasteiger partial charge in [0, 0.05) is 43.0 Å². The summed E-state index contributed by atoms with van der Waals surface area (Å²) < 4.78 is 29.6. The number of sulfonamides is 1. The normalized spacial score (nSPS) is 15.9. The molecule has 0 spiro atoms. The van der Waals surface area contributed by atoms with Crippen LogP contribution in [0.25, 0.3) is 16.6 Å². The molecule has 2 aromatic heterocycles. The van der Waals surface area contributed by atoms with Gasteiger partial charge in [-0.15, -0.1) is 0 Å². The Morgan fingerprint density at radius 2 is 2.04 bits per heavy atom. The lowest BCUT2D eigenvalue weighted by molar-refractivity contribution is 0.441. The van der Waals surface area contributed by atoms with Crippen molar-refractivity contribution in [1.29, 1.82) is 0 Å². The molecule has 0 unspecified atom stereocenters. The number of rotatable bonds is 4. The summed E-state index contributed by atoms with van der Waals surface area (Å²) in [5, 5.41) is 1.13. The molecule has 6 heteroatoms. The highest BCUT2D eigenvalue weighted by Crippen LogP contribution is 2.31. The van der Waals surface area contributed by atoms with E-state index in [2.05, 4.69) is 28.7 Å². The Morgan fingerprint density at radius 3 is 2.74 bits per heavy atom. The van der Waals surface area contributed by atoms with Crippen molar-refractivity contribution >= 4 is 26.6 Å². The first-order chi connectivity index (χ1) is 13.0. The van der Waals surface area contributed by atoms with Gasteiger partial charge in [0.05, 0.1) is 4.90 Å². The average molecular weight is 382 g/mol. The number of aromatic nitrogens is 2. The predicted molar refractivity (Wildman–Crippen MR) is 108 cm³/mol. The minimum atomic E-state index is -3.46. The van der Waals surface area contributed by atoms with E-state index < -0.39 is 10.0 Å². The van der Waals surface area contributed by atoms with Crippen molar-refractivity contribution in [2.45, 2.75) is 31.7 Å². The van der Waals surface area contributed by atoms with Gasteiger partial charge in [0.2, 0.25) is 10.0 Å². The maximum absolute atomic E-state index is 12.9. The molecule has 1 aromatic carbocycles. The molecule has 0 bridgehead atoms. The summed E-state index contributed by atoms with van der Waals surface area (Å²) in [7, 11) is -3.46. The number of hydrogen-bond donors (Lipinski definition) is 0. The molecule has 1 aliphatic heterocycles. The van der Waals surface area contributed by atoms with Crippen LogP contribution in [-0.4, -0.2) is 35.4 Å². The highest BCUT2D eigenvalue weighted by Gasteiger charge is 2.27. The van der Waals surface area contributed by atoms with Crippen LogP contribution >= 0.6 is 0 Å². The Morgan fingerprint density at radius 1 is 1.19 bits per heavy atom. The van der Waals surface area contributed by atoms with Crippen LogP contribution in [0.4, 0.5) is 0 Å². The van der Waals surface area contributed by atoms with Crippen molar-refractivity contribution in [2.75, 3.05) is 13.1 Å². The molecule has 0 saturated carbocycles. The molecule has 3 heterocycles. The van der Waals surface area contributed by atoms with E-state index in [4.69, 9.17) is 0 Å². The maximum atomic E-state index is 12.9. The lowest BCUT2D eigenvalue weighted by Gasteiger charge is -2.26. The number of hydrogen-bond acceptors (Lipinski definition) is 3. The molecule has 0 atom stereocenters. The van der Waals surface area contributed by atoms with E-state index in [9.17, 15) is 8.42 Å². The molecule has 27 heavy (non-hydrogen) atoms. The number of pyridine rings is 1. The summed E-state index contributed by atoms with van der Waals surface area (Å²) in [4.78, 5) is 4.87. The summed E-state index contributed by atoms with van der Waals surface area (Å²) in [5.41, 5.74) is 4.28. The third-order valence-corrected chi connectivity index (χ3v) is 6.98. The van der Waals surface area contributed by atoms with Gasteiger partial charge in [0.15, 0.2) is 0 Å². The van der Waals surface area contributed by atoms with Gasteiger partial charge in [-0.1, -0.05) is 18.2 Å². The minimum absolute atomic E-state index is 0.367. The van der Waals surface area contributed by atoms with Crippen molar-refractivity contribution in [3.8, 4) is 0 Å². The van der Waals surface area contributed by atoms with Crippen molar-refractivity contribution in [1.82, 2.24) is 13.9 Å². The smallest absolute Gasteiger partial charge is 0.243 e. The monoisotopic (exact) mass is 381 g/mol. The SMILES string of the molecule is CCn1cc(C2=CCN(S(=O)(=O)c3cccc(C)c3)CC2)c2cccnc21. The fraction of sp³-hybridized carbons (Fsp3) is 0.286. The largest absolute Gasteiger partial charge is 0.332 e. The Bertz CT molecular complexity index is 1130. The Kier molecular flexibility index (Phi) is 4.61. The van der Waals surface area contributed by atoms with Crippen molar-refractivity contribution < 1.29 is 8.42 Å².